The number of hydrogen-bond acceptors (Lipinski definition) is 6. The number of sulfonamides is 1. The summed E-state index contributed by atoms with van der Waals surface area (Å²) in [6.45, 7) is 2.65. The predicted octanol–water partition coefficient (Wildman–Crippen LogP) is 3.11. The number of fused-ring (bicyclic) bond motifs is 1. The van der Waals surface area contributed by atoms with E-state index in [0.717, 1.165) is 5.75 Å². The molecule has 0 unspecified atom stereocenters. The monoisotopic (exact) mass is 493 g/mol. The number of ether oxygens (including phenoxy) is 2. The second-order valence-electron chi connectivity index (χ2n) is 7.74. The van der Waals surface area contributed by atoms with Crippen LogP contribution in [-0.4, -0.2) is 50.8 Å². The highest BCUT2D eigenvalue weighted by molar-refractivity contribution is 7.89. The van der Waals surface area contributed by atoms with Crippen molar-refractivity contribution in [3.63, 3.8) is 0 Å². The fraction of sp³-hybridized carbons (Fsp3) is 0.364. The molecule has 11 heteroatoms. The maximum absolute atomic E-state index is 13.2. The van der Waals surface area contributed by atoms with Crippen LogP contribution in [0, 0.1) is 5.92 Å². The highest BCUT2D eigenvalue weighted by Gasteiger charge is 2.34. The van der Waals surface area contributed by atoms with Crippen LogP contribution in [0.3, 0.4) is 0 Å². The van der Waals surface area contributed by atoms with Crippen LogP contribution in [-0.2, 0) is 19.6 Å². The minimum absolute atomic E-state index is 0.00471. The number of carbonyl (C=O) groups is 2. The number of nitrogens with zero attached hydrogens (tertiary/aromatic N) is 1. The Morgan fingerprint density at radius 2 is 1.94 bits per heavy atom. The molecule has 0 spiro atoms. The van der Waals surface area contributed by atoms with E-state index in [1.807, 2.05) is 6.92 Å². The van der Waals surface area contributed by atoms with Crippen molar-refractivity contribution in [2.75, 3.05) is 36.9 Å². The van der Waals surface area contributed by atoms with Gasteiger partial charge < -0.3 is 20.1 Å². The first-order chi connectivity index (χ1) is 15.8. The molecule has 2 aromatic carbocycles. The number of carbonyl (C=O) groups excluding carboxylic acids is 2. The molecule has 4 rings (SSSR count). The third kappa shape index (κ3) is 5.07. The van der Waals surface area contributed by atoms with Gasteiger partial charge in [-0.15, -0.1) is 0 Å². The zero-order chi connectivity index (χ0) is 23.6. The third-order valence-electron chi connectivity index (χ3n) is 5.54. The van der Waals surface area contributed by atoms with Gasteiger partial charge in [-0.3, -0.25) is 9.59 Å². The Morgan fingerprint density at radius 1 is 1.24 bits per heavy atom. The summed E-state index contributed by atoms with van der Waals surface area (Å²) in [5, 5.41) is 5.47. The maximum atomic E-state index is 13.2. The lowest BCUT2D eigenvalue weighted by Gasteiger charge is -2.31. The summed E-state index contributed by atoms with van der Waals surface area (Å²) < 4.78 is 38.4. The smallest absolute Gasteiger partial charge is 0.262 e. The third-order valence-corrected chi connectivity index (χ3v) is 7.91. The largest absolute Gasteiger partial charge is 0.494 e. The van der Waals surface area contributed by atoms with Gasteiger partial charge in [0.2, 0.25) is 15.9 Å². The van der Waals surface area contributed by atoms with E-state index in [0.29, 0.717) is 30.8 Å². The molecule has 2 aliphatic rings. The lowest BCUT2D eigenvalue weighted by molar-refractivity contribution is -0.121. The van der Waals surface area contributed by atoms with E-state index in [9.17, 15) is 18.0 Å². The van der Waals surface area contributed by atoms with E-state index in [-0.39, 0.29) is 53.1 Å². The SMILES string of the molecule is CCOc1ccc(NC(=O)C2CCN(S(=O)(=O)c3cc4c(cc3Cl)NC(=O)CO4)CC2)cc1. The van der Waals surface area contributed by atoms with E-state index in [1.54, 1.807) is 24.3 Å². The van der Waals surface area contributed by atoms with Crippen molar-refractivity contribution in [1.82, 2.24) is 4.31 Å². The van der Waals surface area contributed by atoms with Gasteiger partial charge >= 0.3 is 0 Å². The lowest BCUT2D eigenvalue weighted by Crippen LogP contribution is -2.41. The molecule has 176 valence electrons. The van der Waals surface area contributed by atoms with Gasteiger partial charge in [-0.25, -0.2) is 8.42 Å². The van der Waals surface area contributed by atoms with Crippen molar-refractivity contribution < 1.29 is 27.5 Å². The molecule has 0 bridgehead atoms. The molecule has 0 atom stereocenters. The molecule has 2 amide bonds. The van der Waals surface area contributed by atoms with Crippen LogP contribution >= 0.6 is 11.6 Å². The van der Waals surface area contributed by atoms with Gasteiger partial charge in [0.1, 0.15) is 16.4 Å². The first-order valence-corrected chi connectivity index (χ1v) is 12.4. The number of rotatable bonds is 6. The molecule has 33 heavy (non-hydrogen) atoms. The minimum Gasteiger partial charge on any atom is -0.494 e. The molecule has 1 fully saturated rings. The van der Waals surface area contributed by atoms with Gasteiger partial charge in [-0.05, 0) is 50.1 Å². The fourth-order valence-electron chi connectivity index (χ4n) is 3.82. The summed E-state index contributed by atoms with van der Waals surface area (Å²) >= 11 is 6.23. The molecular formula is C22H24ClN3O6S. The summed E-state index contributed by atoms with van der Waals surface area (Å²) in [6.07, 6.45) is 0.772. The first kappa shape index (κ1) is 23.3. The molecule has 2 aromatic rings. The molecular weight excluding hydrogens is 470 g/mol. The van der Waals surface area contributed by atoms with Gasteiger partial charge in [-0.2, -0.15) is 4.31 Å². The molecule has 2 aliphatic heterocycles. The Labute approximate surface area is 197 Å². The average Bonchev–Trinajstić information content (AvgIpc) is 2.80. The Morgan fingerprint density at radius 3 is 2.61 bits per heavy atom. The van der Waals surface area contributed by atoms with Crippen molar-refractivity contribution in [2.24, 2.45) is 5.92 Å². The number of nitrogens with one attached hydrogen (secondary N) is 2. The predicted molar refractivity (Wildman–Crippen MR) is 123 cm³/mol. The quantitative estimate of drug-likeness (QED) is 0.639. The van der Waals surface area contributed by atoms with Crippen molar-refractivity contribution in [1.29, 1.82) is 0 Å². The standard InChI is InChI=1S/C22H24ClN3O6S/c1-2-31-16-5-3-15(4-6-16)24-22(28)14-7-9-26(10-8-14)33(29,30)20-12-19-18(11-17(20)23)25-21(27)13-32-19/h3-6,11-12,14H,2,7-10,13H2,1H3,(H,24,28)(H,25,27). The van der Waals surface area contributed by atoms with Gasteiger partial charge in [0.15, 0.2) is 6.61 Å². The van der Waals surface area contributed by atoms with Crippen LogP contribution < -0.4 is 20.1 Å². The molecule has 9 nitrogen and oxygen atoms in total. The molecule has 0 radical (unpaired) electrons. The number of piperidine rings is 1. The Kier molecular flexibility index (Phi) is 6.78. The molecule has 1 saturated heterocycles. The maximum Gasteiger partial charge on any atom is 0.262 e. The molecule has 0 saturated carbocycles. The van der Waals surface area contributed by atoms with Crippen LogP contribution in [0.2, 0.25) is 5.02 Å². The van der Waals surface area contributed by atoms with E-state index < -0.39 is 10.0 Å². The van der Waals surface area contributed by atoms with Crippen LogP contribution in [0.5, 0.6) is 11.5 Å². The zero-order valence-corrected chi connectivity index (χ0v) is 19.5. The normalized spacial score (nSPS) is 17.0. The van der Waals surface area contributed by atoms with Gasteiger partial charge in [0.25, 0.3) is 5.91 Å². The number of anilines is 2. The Hall–Kier alpha value is -2.82. The second-order valence-corrected chi connectivity index (χ2v) is 10.1. The minimum atomic E-state index is -3.89. The summed E-state index contributed by atoms with van der Waals surface area (Å²) in [4.78, 5) is 24.0. The Bertz CT molecular complexity index is 1160. The van der Waals surface area contributed by atoms with E-state index in [1.165, 1.54) is 16.4 Å². The van der Waals surface area contributed by atoms with Crippen LogP contribution in [0.4, 0.5) is 11.4 Å². The highest BCUT2D eigenvalue weighted by Crippen LogP contribution is 2.37. The molecule has 2 heterocycles. The summed E-state index contributed by atoms with van der Waals surface area (Å²) in [6, 6.07) is 9.81. The Balaban J connectivity index is 1.40. The van der Waals surface area contributed by atoms with Crippen molar-refractivity contribution in [3.8, 4) is 11.5 Å². The summed E-state index contributed by atoms with van der Waals surface area (Å²) in [5.41, 5.74) is 0.992. The number of hydrogen-bond donors (Lipinski definition) is 2. The molecule has 2 N–H and O–H groups in total. The average molecular weight is 494 g/mol. The zero-order valence-electron chi connectivity index (χ0n) is 18.0. The van der Waals surface area contributed by atoms with Crippen molar-refractivity contribution in [2.45, 2.75) is 24.7 Å². The number of amides is 2. The van der Waals surface area contributed by atoms with Gasteiger partial charge in [0.05, 0.1) is 17.3 Å². The number of benzene rings is 2. The van der Waals surface area contributed by atoms with E-state index in [2.05, 4.69) is 10.6 Å². The topological polar surface area (TPSA) is 114 Å². The highest BCUT2D eigenvalue weighted by atomic mass is 35.5. The summed E-state index contributed by atoms with van der Waals surface area (Å²) in [5.74, 6) is 0.192. The first-order valence-electron chi connectivity index (χ1n) is 10.6. The second kappa shape index (κ2) is 9.58. The summed E-state index contributed by atoms with van der Waals surface area (Å²) in [7, 11) is -3.89. The van der Waals surface area contributed by atoms with Gasteiger partial charge in [-0.1, -0.05) is 11.6 Å². The van der Waals surface area contributed by atoms with Crippen LogP contribution in [0.15, 0.2) is 41.3 Å². The van der Waals surface area contributed by atoms with Gasteiger partial charge in [0, 0.05) is 30.8 Å². The van der Waals surface area contributed by atoms with Crippen molar-refractivity contribution >= 4 is 44.8 Å². The molecule has 0 aromatic heterocycles. The van der Waals surface area contributed by atoms with Crippen molar-refractivity contribution in [3.05, 3.63) is 41.4 Å². The molecule has 0 aliphatic carbocycles. The van der Waals surface area contributed by atoms with Crippen LogP contribution in [0.1, 0.15) is 19.8 Å². The lowest BCUT2D eigenvalue weighted by atomic mass is 9.97. The van der Waals surface area contributed by atoms with Crippen LogP contribution in [0.25, 0.3) is 0 Å². The van der Waals surface area contributed by atoms with E-state index in [4.69, 9.17) is 21.1 Å². The van der Waals surface area contributed by atoms with E-state index >= 15 is 0 Å². The fourth-order valence-corrected chi connectivity index (χ4v) is 5.81. The number of halogens is 1.